The molecule has 2 nitrogen and oxygen atoms in total. The van der Waals surface area contributed by atoms with Gasteiger partial charge in [0.1, 0.15) is 0 Å². The summed E-state index contributed by atoms with van der Waals surface area (Å²) in [7, 11) is 0. The third-order valence-corrected chi connectivity index (χ3v) is 2.92. The number of nitrogens with two attached hydrogens (primary N) is 1. The van der Waals surface area contributed by atoms with E-state index in [-0.39, 0.29) is 0 Å². The van der Waals surface area contributed by atoms with Crippen LogP contribution in [0.1, 0.15) is 19.3 Å². The summed E-state index contributed by atoms with van der Waals surface area (Å²) in [6.45, 7) is 4.11. The van der Waals surface area contributed by atoms with E-state index in [1.54, 1.807) is 0 Å². The van der Waals surface area contributed by atoms with E-state index >= 15 is 0 Å². The SMILES string of the molecule is C=C1/C=C\C=C/C/C(NN)=C\C=C1C1CC1. The molecule has 2 aliphatic carbocycles. The van der Waals surface area contributed by atoms with Crippen LogP contribution in [-0.4, -0.2) is 0 Å². The van der Waals surface area contributed by atoms with Gasteiger partial charge in [-0.2, -0.15) is 0 Å². The fraction of sp³-hybridized carbons (Fsp3) is 0.286. The van der Waals surface area contributed by atoms with Gasteiger partial charge in [-0.05, 0) is 36.0 Å². The number of hydrazine groups is 1. The topological polar surface area (TPSA) is 38.0 Å². The van der Waals surface area contributed by atoms with Gasteiger partial charge in [0, 0.05) is 12.1 Å². The predicted octanol–water partition coefficient (Wildman–Crippen LogP) is 2.74. The highest BCUT2D eigenvalue weighted by molar-refractivity contribution is 5.44. The van der Waals surface area contributed by atoms with E-state index in [4.69, 9.17) is 5.84 Å². The van der Waals surface area contributed by atoms with E-state index in [9.17, 15) is 0 Å². The molecule has 1 saturated carbocycles. The Morgan fingerprint density at radius 2 is 2.06 bits per heavy atom. The summed E-state index contributed by atoms with van der Waals surface area (Å²) in [6, 6.07) is 0. The van der Waals surface area contributed by atoms with Gasteiger partial charge in [0.15, 0.2) is 0 Å². The van der Waals surface area contributed by atoms with E-state index in [0.717, 1.165) is 17.7 Å². The number of allylic oxidation sites excluding steroid dienone is 8. The highest BCUT2D eigenvalue weighted by atomic mass is 15.2. The first-order valence-corrected chi connectivity index (χ1v) is 5.71. The fourth-order valence-corrected chi connectivity index (χ4v) is 1.81. The van der Waals surface area contributed by atoms with E-state index in [1.807, 2.05) is 12.2 Å². The van der Waals surface area contributed by atoms with Gasteiger partial charge in [-0.1, -0.05) is 37.0 Å². The van der Waals surface area contributed by atoms with Crippen molar-refractivity contribution in [3.05, 3.63) is 59.9 Å². The zero-order valence-electron chi connectivity index (χ0n) is 9.45. The summed E-state index contributed by atoms with van der Waals surface area (Å²) in [6.07, 6.45) is 15.8. The first-order chi connectivity index (χ1) is 7.81. The molecule has 0 aliphatic heterocycles. The number of nitrogens with one attached hydrogen (secondary N) is 1. The number of rotatable bonds is 2. The first kappa shape index (κ1) is 11.0. The summed E-state index contributed by atoms with van der Waals surface area (Å²) in [5.74, 6) is 6.17. The van der Waals surface area contributed by atoms with E-state index in [1.165, 1.54) is 18.4 Å². The van der Waals surface area contributed by atoms with E-state index in [2.05, 4.69) is 36.3 Å². The van der Waals surface area contributed by atoms with E-state index < -0.39 is 0 Å². The van der Waals surface area contributed by atoms with Gasteiger partial charge in [-0.25, -0.2) is 0 Å². The second-order valence-electron chi connectivity index (χ2n) is 4.25. The van der Waals surface area contributed by atoms with Crippen LogP contribution in [0.2, 0.25) is 0 Å². The van der Waals surface area contributed by atoms with Crippen LogP contribution in [-0.2, 0) is 0 Å². The Bertz CT molecular complexity index is 393. The zero-order valence-corrected chi connectivity index (χ0v) is 9.45. The molecular formula is C14H18N2. The molecule has 3 N–H and O–H groups in total. The van der Waals surface area contributed by atoms with Crippen molar-refractivity contribution in [3.63, 3.8) is 0 Å². The molecular weight excluding hydrogens is 196 g/mol. The van der Waals surface area contributed by atoms with Crippen LogP contribution in [0, 0.1) is 5.92 Å². The third-order valence-electron chi connectivity index (χ3n) is 2.92. The summed E-state index contributed by atoms with van der Waals surface area (Å²) < 4.78 is 0. The molecule has 1 fully saturated rings. The molecule has 0 aromatic carbocycles. The van der Waals surface area contributed by atoms with Crippen molar-refractivity contribution in [2.24, 2.45) is 11.8 Å². The molecule has 0 bridgehead atoms. The third kappa shape index (κ3) is 2.74. The van der Waals surface area contributed by atoms with Crippen LogP contribution in [0.3, 0.4) is 0 Å². The lowest BCUT2D eigenvalue weighted by molar-refractivity contribution is 0.851. The molecule has 0 heterocycles. The van der Waals surface area contributed by atoms with Gasteiger partial charge < -0.3 is 5.43 Å². The standard InChI is InChI=1S/C14H18N2/c1-11-5-3-2-4-6-13(16-15)9-10-14(11)12-7-8-12/h2-5,9-10,12,16H,1,6-8,15H2/b4-2-,5-3-,13-9+,14-10?. The molecule has 0 aromatic heterocycles. The molecule has 0 unspecified atom stereocenters. The monoisotopic (exact) mass is 214 g/mol. The zero-order chi connectivity index (χ0) is 11.4. The molecule has 0 radical (unpaired) electrons. The smallest absolute Gasteiger partial charge is 0.0297 e. The summed E-state index contributed by atoms with van der Waals surface area (Å²) in [4.78, 5) is 0. The maximum absolute atomic E-state index is 5.46. The van der Waals surface area contributed by atoms with Crippen molar-refractivity contribution in [3.8, 4) is 0 Å². The van der Waals surface area contributed by atoms with Crippen LogP contribution >= 0.6 is 0 Å². The number of hydrogen-bond acceptors (Lipinski definition) is 2. The molecule has 16 heavy (non-hydrogen) atoms. The van der Waals surface area contributed by atoms with Crippen LogP contribution in [0.25, 0.3) is 0 Å². The second-order valence-corrected chi connectivity index (χ2v) is 4.25. The molecule has 0 atom stereocenters. The Hall–Kier alpha value is -1.54. The summed E-state index contributed by atoms with van der Waals surface area (Å²) in [5.41, 5.74) is 6.21. The Kier molecular flexibility index (Phi) is 3.42. The molecule has 0 amide bonds. The predicted molar refractivity (Wildman–Crippen MR) is 68.3 cm³/mol. The maximum Gasteiger partial charge on any atom is 0.0297 e. The number of hydrogen-bond donors (Lipinski definition) is 2. The van der Waals surface area contributed by atoms with Gasteiger partial charge >= 0.3 is 0 Å². The van der Waals surface area contributed by atoms with Crippen molar-refractivity contribution in [2.75, 3.05) is 0 Å². The average molecular weight is 214 g/mol. The van der Waals surface area contributed by atoms with Gasteiger partial charge in [0.2, 0.25) is 0 Å². The van der Waals surface area contributed by atoms with Gasteiger partial charge in [-0.15, -0.1) is 0 Å². The van der Waals surface area contributed by atoms with E-state index in [0.29, 0.717) is 5.92 Å². The van der Waals surface area contributed by atoms with Crippen molar-refractivity contribution < 1.29 is 0 Å². The highest BCUT2D eigenvalue weighted by Gasteiger charge is 2.26. The largest absolute Gasteiger partial charge is 0.328 e. The molecule has 2 rings (SSSR count). The fourth-order valence-electron chi connectivity index (χ4n) is 1.81. The second kappa shape index (κ2) is 4.99. The van der Waals surface area contributed by atoms with Crippen molar-refractivity contribution >= 4 is 0 Å². The Balaban J connectivity index is 2.27. The minimum absolute atomic E-state index is 0.704. The van der Waals surface area contributed by atoms with Crippen molar-refractivity contribution in [2.45, 2.75) is 19.3 Å². The lowest BCUT2D eigenvalue weighted by Gasteiger charge is -2.07. The average Bonchev–Trinajstić information content (AvgIpc) is 3.10. The molecule has 2 aliphatic rings. The van der Waals surface area contributed by atoms with Crippen LogP contribution in [0.4, 0.5) is 0 Å². The Morgan fingerprint density at radius 3 is 2.75 bits per heavy atom. The van der Waals surface area contributed by atoms with Crippen LogP contribution < -0.4 is 11.3 Å². The Morgan fingerprint density at radius 1 is 1.25 bits per heavy atom. The minimum Gasteiger partial charge on any atom is -0.328 e. The lowest BCUT2D eigenvalue weighted by atomic mass is 10.0. The van der Waals surface area contributed by atoms with Crippen LogP contribution in [0.15, 0.2) is 59.9 Å². The van der Waals surface area contributed by atoms with Crippen molar-refractivity contribution in [1.82, 2.24) is 5.43 Å². The maximum atomic E-state index is 5.46. The normalized spacial score (nSPS) is 28.7. The van der Waals surface area contributed by atoms with Crippen molar-refractivity contribution in [1.29, 1.82) is 0 Å². The highest BCUT2D eigenvalue weighted by Crippen LogP contribution is 2.40. The molecule has 0 aromatic rings. The first-order valence-electron chi connectivity index (χ1n) is 5.71. The van der Waals surface area contributed by atoms with Crippen LogP contribution in [0.5, 0.6) is 0 Å². The molecule has 84 valence electrons. The lowest BCUT2D eigenvalue weighted by Crippen LogP contribution is -2.20. The molecule has 2 heteroatoms. The van der Waals surface area contributed by atoms with Gasteiger partial charge in [0.05, 0.1) is 0 Å². The van der Waals surface area contributed by atoms with Gasteiger partial charge in [0.25, 0.3) is 0 Å². The molecule has 0 spiro atoms. The quantitative estimate of drug-likeness (QED) is 0.548. The summed E-state index contributed by atoms with van der Waals surface area (Å²) >= 11 is 0. The minimum atomic E-state index is 0.704. The molecule has 0 saturated heterocycles. The Labute approximate surface area is 96.9 Å². The van der Waals surface area contributed by atoms with Gasteiger partial charge in [-0.3, -0.25) is 5.84 Å². The summed E-state index contributed by atoms with van der Waals surface area (Å²) in [5, 5.41) is 0.